The van der Waals surface area contributed by atoms with E-state index in [0.717, 1.165) is 0 Å². The van der Waals surface area contributed by atoms with Gasteiger partial charge in [0.25, 0.3) is 5.56 Å². The lowest BCUT2D eigenvalue weighted by molar-refractivity contribution is -0.0984. The maximum absolute atomic E-state index is 13.0. The number of nitrogens with two attached hydrogens (primary N) is 1. The molecule has 1 aromatic heterocycles. The van der Waals surface area contributed by atoms with Gasteiger partial charge in [-0.3, -0.25) is 14.3 Å². The number of hydrogen-bond donors (Lipinski definition) is 2. The fourth-order valence-corrected chi connectivity index (χ4v) is 7.97. The molecule has 11 nitrogen and oxygen atoms in total. The van der Waals surface area contributed by atoms with Gasteiger partial charge in [0.2, 0.25) is 10.0 Å². The van der Waals surface area contributed by atoms with E-state index >= 15 is 0 Å². The van der Waals surface area contributed by atoms with Gasteiger partial charge in [-0.1, -0.05) is 20.8 Å². The smallest absolute Gasteiger partial charge is 0.330 e. The van der Waals surface area contributed by atoms with E-state index in [4.69, 9.17) is 19.6 Å². The first-order valence-corrected chi connectivity index (χ1v) is 15.0. The highest BCUT2D eigenvalue weighted by Crippen LogP contribution is 2.57. The number of hydrogen-bond acceptors (Lipinski definition) is 8. The third-order valence-electron chi connectivity index (χ3n) is 7.64. The minimum absolute atomic E-state index is 0.0569. The summed E-state index contributed by atoms with van der Waals surface area (Å²) < 4.78 is 47.4. The highest BCUT2D eigenvalue weighted by Gasteiger charge is 2.80. The van der Waals surface area contributed by atoms with Gasteiger partial charge in [0, 0.05) is 18.8 Å². The van der Waals surface area contributed by atoms with Crippen molar-refractivity contribution in [2.24, 2.45) is 5.73 Å². The zero-order valence-corrected chi connectivity index (χ0v) is 21.3. The van der Waals surface area contributed by atoms with E-state index in [1.54, 1.807) is 6.92 Å². The van der Waals surface area contributed by atoms with Crippen LogP contribution in [0.15, 0.2) is 15.8 Å². The minimum Gasteiger partial charge on any atom is -0.407 e. The highest BCUT2D eigenvalue weighted by atomic mass is 32.2. The molecule has 1 spiro atoms. The van der Waals surface area contributed by atoms with E-state index in [9.17, 15) is 18.0 Å². The lowest BCUT2D eigenvalue weighted by Gasteiger charge is -2.47. The van der Waals surface area contributed by atoms with E-state index in [0.29, 0.717) is 5.56 Å². The first-order chi connectivity index (χ1) is 14.5. The summed E-state index contributed by atoms with van der Waals surface area (Å²) in [5.41, 5.74) is 2.83. The third kappa shape index (κ3) is 2.99. The molecule has 32 heavy (non-hydrogen) atoms. The van der Waals surface area contributed by atoms with Crippen molar-refractivity contribution in [2.45, 2.75) is 75.5 Å². The molecule has 0 radical (unpaired) electrons. The standard InChI is InChI=1S/C19H32N4O7SSi/c1-11-8-23(16(25)21-14(11)24)15-13(30-32(6,7)17(2,3)4)19-12(29-15)9-28-18(19,20)10-31(26,27)22(19)5/h8,12-13,15H,9-10,20H2,1-7H3,(H,21,24,25)/t12-,13+,15-,18?,19-/m1/s1. The molecule has 0 aliphatic carbocycles. The average molecular weight is 489 g/mol. The van der Waals surface area contributed by atoms with Crippen molar-refractivity contribution in [1.82, 2.24) is 13.9 Å². The van der Waals surface area contributed by atoms with Crippen LogP contribution in [-0.2, 0) is 23.9 Å². The van der Waals surface area contributed by atoms with E-state index in [1.807, 2.05) is 13.1 Å². The molecule has 180 valence electrons. The molecule has 5 atom stereocenters. The summed E-state index contributed by atoms with van der Waals surface area (Å²) in [6, 6.07) is 0. The van der Waals surface area contributed by atoms with Crippen LogP contribution in [0.5, 0.6) is 0 Å². The van der Waals surface area contributed by atoms with Crippen LogP contribution in [0.2, 0.25) is 18.1 Å². The molecule has 1 unspecified atom stereocenters. The van der Waals surface area contributed by atoms with Gasteiger partial charge >= 0.3 is 5.69 Å². The van der Waals surface area contributed by atoms with Gasteiger partial charge < -0.3 is 19.6 Å². The number of ether oxygens (including phenoxy) is 2. The first-order valence-electron chi connectivity index (χ1n) is 10.5. The van der Waals surface area contributed by atoms with Crippen molar-refractivity contribution in [3.63, 3.8) is 0 Å². The monoisotopic (exact) mass is 488 g/mol. The quantitative estimate of drug-likeness (QED) is 0.558. The number of nitrogens with one attached hydrogen (secondary N) is 1. The summed E-state index contributed by atoms with van der Waals surface area (Å²) >= 11 is 0. The lowest BCUT2D eigenvalue weighted by Crippen LogP contribution is -2.70. The number of likely N-dealkylation sites (N-methyl/N-ethyl adjacent to an activating group) is 1. The Balaban J connectivity index is 1.95. The molecular formula is C19H32N4O7SSi. The Morgan fingerprint density at radius 2 is 1.94 bits per heavy atom. The lowest BCUT2D eigenvalue weighted by atomic mass is 9.81. The summed E-state index contributed by atoms with van der Waals surface area (Å²) in [5.74, 6) is -0.417. The predicted octanol–water partition coefficient (Wildman–Crippen LogP) is -0.168. The summed E-state index contributed by atoms with van der Waals surface area (Å²) in [4.78, 5) is 27.0. The normalized spacial score (nSPS) is 36.9. The number of aryl methyl sites for hydroxylation is 1. The zero-order chi connectivity index (χ0) is 24.1. The van der Waals surface area contributed by atoms with Crippen LogP contribution >= 0.6 is 0 Å². The van der Waals surface area contributed by atoms with Crippen LogP contribution in [0.1, 0.15) is 32.6 Å². The topological polar surface area (TPSA) is 146 Å². The van der Waals surface area contributed by atoms with Crippen LogP contribution in [-0.4, -0.2) is 73.5 Å². The maximum atomic E-state index is 13.0. The number of aromatic nitrogens is 2. The van der Waals surface area contributed by atoms with Gasteiger partial charge in [0.1, 0.15) is 23.5 Å². The number of nitrogens with zero attached hydrogens (tertiary/aromatic N) is 2. The van der Waals surface area contributed by atoms with Crippen molar-refractivity contribution < 1.29 is 22.3 Å². The molecule has 1 aromatic rings. The molecule has 0 amide bonds. The molecule has 13 heteroatoms. The molecule has 4 heterocycles. The fraction of sp³-hybridized carbons (Fsp3) is 0.789. The highest BCUT2D eigenvalue weighted by molar-refractivity contribution is 7.89. The van der Waals surface area contributed by atoms with Gasteiger partial charge in [-0.25, -0.2) is 13.2 Å². The Morgan fingerprint density at radius 3 is 2.53 bits per heavy atom. The molecule has 3 fully saturated rings. The van der Waals surface area contributed by atoms with E-state index in [2.05, 4.69) is 25.8 Å². The molecule has 3 saturated heterocycles. The summed E-state index contributed by atoms with van der Waals surface area (Å²) in [6.07, 6.45) is -1.28. The van der Waals surface area contributed by atoms with Crippen LogP contribution < -0.4 is 17.0 Å². The van der Waals surface area contributed by atoms with Gasteiger partial charge in [-0.2, -0.15) is 4.31 Å². The Hall–Kier alpha value is -1.35. The van der Waals surface area contributed by atoms with E-state index < -0.39 is 65.0 Å². The Kier molecular flexibility index (Phi) is 5.08. The predicted molar refractivity (Wildman–Crippen MR) is 119 cm³/mol. The van der Waals surface area contributed by atoms with Crippen LogP contribution in [0.25, 0.3) is 0 Å². The molecule has 3 aliphatic heterocycles. The zero-order valence-electron chi connectivity index (χ0n) is 19.5. The van der Waals surface area contributed by atoms with Crippen LogP contribution in [0.4, 0.5) is 0 Å². The summed E-state index contributed by atoms with van der Waals surface area (Å²) in [6.45, 7) is 11.9. The molecule has 3 N–H and O–H groups in total. The molecular weight excluding hydrogens is 456 g/mol. The number of rotatable bonds is 3. The molecule has 3 aliphatic rings. The Labute approximate surface area is 188 Å². The summed E-state index contributed by atoms with van der Waals surface area (Å²) in [7, 11) is -4.83. The Morgan fingerprint density at radius 1 is 1.31 bits per heavy atom. The average Bonchev–Trinajstić information content (AvgIpc) is 3.14. The van der Waals surface area contributed by atoms with Gasteiger partial charge in [-0.05, 0) is 25.1 Å². The van der Waals surface area contributed by atoms with Crippen molar-refractivity contribution in [2.75, 3.05) is 19.4 Å². The van der Waals surface area contributed by atoms with Crippen molar-refractivity contribution in [1.29, 1.82) is 0 Å². The van der Waals surface area contributed by atoms with E-state index in [-0.39, 0.29) is 11.6 Å². The first kappa shape index (κ1) is 23.8. The largest absolute Gasteiger partial charge is 0.407 e. The SMILES string of the molecule is Cc1cn([C@@H]2O[C@@H]3COC4(N)CS(=O)(=O)N(C)[C@@]34[C@H]2O[Si](C)(C)C(C)(C)C)c(=O)[nH]c1=O. The maximum Gasteiger partial charge on any atom is 0.330 e. The second-order valence-corrected chi connectivity index (χ2v) is 17.3. The summed E-state index contributed by atoms with van der Waals surface area (Å²) in [5, 5.41) is -0.217. The molecule has 0 bridgehead atoms. The fourth-order valence-electron chi connectivity index (χ4n) is 4.80. The van der Waals surface area contributed by atoms with Crippen molar-refractivity contribution in [3.8, 4) is 0 Å². The number of sulfonamides is 1. The second kappa shape index (κ2) is 6.84. The minimum atomic E-state index is -3.77. The van der Waals surface area contributed by atoms with Crippen LogP contribution in [0.3, 0.4) is 0 Å². The second-order valence-electron chi connectivity index (χ2n) is 10.5. The van der Waals surface area contributed by atoms with Gasteiger partial charge in [-0.15, -0.1) is 0 Å². The Bertz CT molecular complexity index is 1170. The number of aromatic amines is 1. The van der Waals surface area contributed by atoms with Crippen molar-refractivity contribution >= 4 is 18.3 Å². The molecule has 0 saturated carbocycles. The number of H-pyrrole nitrogens is 1. The molecule has 0 aromatic carbocycles. The third-order valence-corrected chi connectivity index (χ3v) is 14.0. The van der Waals surface area contributed by atoms with Gasteiger partial charge in [0.05, 0.1) is 6.61 Å². The van der Waals surface area contributed by atoms with Crippen LogP contribution in [0, 0.1) is 6.92 Å². The van der Waals surface area contributed by atoms with E-state index in [1.165, 1.54) is 22.1 Å². The van der Waals surface area contributed by atoms with Gasteiger partial charge in [0.15, 0.2) is 20.3 Å². The molecule has 4 rings (SSSR count). The van der Waals surface area contributed by atoms with Crippen molar-refractivity contribution in [3.05, 3.63) is 32.6 Å².